The Morgan fingerprint density at radius 2 is 2.00 bits per heavy atom. The molecule has 3 aromatic rings. The molecule has 0 saturated heterocycles. The van der Waals surface area contributed by atoms with E-state index in [2.05, 4.69) is 22.1 Å². The van der Waals surface area contributed by atoms with Crippen molar-refractivity contribution in [3.05, 3.63) is 54.0 Å². The average Bonchev–Trinajstić information content (AvgIpc) is 3.09. The first-order chi connectivity index (χ1) is 12.9. The zero-order valence-electron chi connectivity index (χ0n) is 14.6. The van der Waals surface area contributed by atoms with Crippen molar-refractivity contribution < 1.29 is 9.47 Å². The van der Waals surface area contributed by atoms with Gasteiger partial charge in [0.1, 0.15) is 11.9 Å². The van der Waals surface area contributed by atoms with E-state index >= 15 is 0 Å². The van der Waals surface area contributed by atoms with Gasteiger partial charge in [-0.3, -0.25) is 0 Å². The predicted octanol–water partition coefficient (Wildman–Crippen LogP) is 4.14. The smallest absolute Gasteiger partial charge is 0.225 e. The first-order valence-corrected chi connectivity index (χ1v) is 9.25. The maximum absolute atomic E-state index is 6.23. The number of nitrogens with zero attached hydrogens (tertiary/aromatic N) is 2. The molecule has 1 fully saturated rings. The van der Waals surface area contributed by atoms with Crippen LogP contribution in [-0.4, -0.2) is 27.7 Å². The highest BCUT2D eigenvalue weighted by atomic mass is 16.5. The second kappa shape index (κ2) is 6.57. The Hall–Kier alpha value is -2.66. The van der Waals surface area contributed by atoms with Gasteiger partial charge in [0.15, 0.2) is 0 Å². The lowest BCUT2D eigenvalue weighted by atomic mass is 9.96. The van der Waals surface area contributed by atoms with Crippen molar-refractivity contribution in [2.45, 2.75) is 38.4 Å². The minimum absolute atomic E-state index is 0.264. The van der Waals surface area contributed by atoms with Crippen molar-refractivity contribution >= 4 is 0 Å². The molecule has 5 nitrogen and oxygen atoms in total. The number of fused-ring (bicyclic) bond motifs is 1. The Morgan fingerprint density at radius 1 is 1.12 bits per heavy atom. The highest BCUT2D eigenvalue weighted by Gasteiger charge is 2.25. The van der Waals surface area contributed by atoms with E-state index in [0.717, 1.165) is 59.8 Å². The lowest BCUT2D eigenvalue weighted by Gasteiger charge is -2.27. The van der Waals surface area contributed by atoms with Crippen LogP contribution in [-0.2, 0) is 17.8 Å². The van der Waals surface area contributed by atoms with E-state index in [1.54, 1.807) is 0 Å². The average molecular weight is 347 g/mol. The third-order valence-electron chi connectivity index (χ3n) is 5.16. The fourth-order valence-corrected chi connectivity index (χ4v) is 3.50. The third kappa shape index (κ3) is 2.78. The predicted molar refractivity (Wildman–Crippen MR) is 98.9 cm³/mol. The number of hydrogen-bond acceptors (Lipinski definition) is 4. The van der Waals surface area contributed by atoms with Gasteiger partial charge in [-0.25, -0.2) is 9.97 Å². The van der Waals surface area contributed by atoms with Crippen LogP contribution in [0.25, 0.3) is 22.5 Å². The van der Waals surface area contributed by atoms with Crippen LogP contribution in [0, 0.1) is 0 Å². The summed E-state index contributed by atoms with van der Waals surface area (Å²) in [6.45, 7) is 1.31. The van der Waals surface area contributed by atoms with Crippen molar-refractivity contribution in [2.24, 2.45) is 0 Å². The molecule has 5 rings (SSSR count). The van der Waals surface area contributed by atoms with E-state index in [1.807, 2.05) is 30.5 Å². The molecule has 1 aliphatic heterocycles. The Kier molecular flexibility index (Phi) is 3.94. The Labute approximate surface area is 152 Å². The quantitative estimate of drug-likeness (QED) is 0.770. The molecule has 1 saturated carbocycles. The molecule has 2 aliphatic rings. The van der Waals surface area contributed by atoms with E-state index in [1.165, 1.54) is 6.42 Å². The Morgan fingerprint density at radius 3 is 2.77 bits per heavy atom. The summed E-state index contributed by atoms with van der Waals surface area (Å²) in [6, 6.07) is 12.4. The van der Waals surface area contributed by atoms with Gasteiger partial charge in [0, 0.05) is 12.6 Å². The number of rotatable bonds is 4. The largest absolute Gasteiger partial charge is 0.474 e. The molecule has 1 aromatic carbocycles. The van der Waals surface area contributed by atoms with Gasteiger partial charge < -0.3 is 14.5 Å². The molecular formula is C21H21N3O2. The molecule has 132 valence electrons. The normalized spacial score (nSPS) is 16.8. The monoisotopic (exact) mass is 347 g/mol. The third-order valence-corrected chi connectivity index (χ3v) is 5.16. The van der Waals surface area contributed by atoms with Gasteiger partial charge in [-0.1, -0.05) is 30.3 Å². The van der Waals surface area contributed by atoms with Crippen molar-refractivity contribution in [2.75, 3.05) is 6.61 Å². The molecule has 0 amide bonds. The minimum atomic E-state index is 0.264. The van der Waals surface area contributed by atoms with Crippen molar-refractivity contribution in [1.29, 1.82) is 0 Å². The summed E-state index contributed by atoms with van der Waals surface area (Å²) in [4.78, 5) is 12.9. The number of hydrogen-bond donors (Lipinski definition) is 1. The van der Waals surface area contributed by atoms with Crippen LogP contribution in [0.2, 0.25) is 0 Å². The molecule has 0 unspecified atom stereocenters. The SMILES string of the molecule is c1ccc(-c2ccnc(OC3CCC3)c2-c2nc3c([nH]2)COCC3)cc1. The fourth-order valence-electron chi connectivity index (χ4n) is 3.50. The van der Waals surface area contributed by atoms with E-state index in [4.69, 9.17) is 14.5 Å². The second-order valence-electron chi connectivity index (χ2n) is 6.89. The first-order valence-electron chi connectivity index (χ1n) is 9.25. The van der Waals surface area contributed by atoms with Gasteiger partial charge in [-0.05, 0) is 36.5 Å². The minimum Gasteiger partial charge on any atom is -0.474 e. The van der Waals surface area contributed by atoms with Crippen LogP contribution in [0.5, 0.6) is 5.88 Å². The molecule has 1 aliphatic carbocycles. The van der Waals surface area contributed by atoms with Crippen molar-refractivity contribution in [3.8, 4) is 28.4 Å². The topological polar surface area (TPSA) is 60.0 Å². The summed E-state index contributed by atoms with van der Waals surface area (Å²) >= 11 is 0. The van der Waals surface area contributed by atoms with Gasteiger partial charge in [-0.15, -0.1) is 0 Å². The van der Waals surface area contributed by atoms with Crippen molar-refractivity contribution in [1.82, 2.24) is 15.0 Å². The zero-order valence-corrected chi connectivity index (χ0v) is 14.6. The molecule has 3 heterocycles. The standard InChI is InChI=1S/C21H21N3O2/c1-2-5-14(6-3-1)16-9-11-22-21(26-15-7-4-8-15)19(16)20-23-17-10-12-25-13-18(17)24-20/h1-3,5-6,9,11,15H,4,7-8,10,12-13H2,(H,23,24). The Bertz CT molecular complexity index is 893. The lowest BCUT2D eigenvalue weighted by molar-refractivity contribution is 0.107. The second-order valence-corrected chi connectivity index (χ2v) is 6.89. The van der Waals surface area contributed by atoms with E-state index in [-0.39, 0.29) is 6.10 Å². The fraction of sp³-hybridized carbons (Fsp3) is 0.333. The summed E-state index contributed by atoms with van der Waals surface area (Å²) in [7, 11) is 0. The van der Waals surface area contributed by atoms with Gasteiger partial charge in [-0.2, -0.15) is 0 Å². The number of nitrogens with one attached hydrogen (secondary N) is 1. The Balaban J connectivity index is 1.65. The van der Waals surface area contributed by atoms with Crippen LogP contribution >= 0.6 is 0 Å². The lowest BCUT2D eigenvalue weighted by Crippen LogP contribution is -2.25. The zero-order chi connectivity index (χ0) is 17.3. The van der Waals surface area contributed by atoms with Crippen LogP contribution in [0.15, 0.2) is 42.6 Å². The maximum atomic E-state index is 6.23. The van der Waals surface area contributed by atoms with Gasteiger partial charge in [0.05, 0.1) is 30.2 Å². The van der Waals surface area contributed by atoms with Crippen LogP contribution < -0.4 is 4.74 Å². The number of H-pyrrole nitrogens is 1. The van der Waals surface area contributed by atoms with Gasteiger partial charge in [0.2, 0.25) is 5.88 Å². The summed E-state index contributed by atoms with van der Waals surface area (Å²) in [6.07, 6.45) is 6.35. The molecule has 0 spiro atoms. The molecule has 2 aromatic heterocycles. The molecule has 26 heavy (non-hydrogen) atoms. The molecule has 5 heteroatoms. The van der Waals surface area contributed by atoms with Crippen LogP contribution in [0.4, 0.5) is 0 Å². The summed E-state index contributed by atoms with van der Waals surface area (Å²) in [5.74, 6) is 1.49. The van der Waals surface area contributed by atoms with E-state index in [0.29, 0.717) is 12.5 Å². The van der Waals surface area contributed by atoms with Gasteiger partial charge in [0.25, 0.3) is 0 Å². The first kappa shape index (κ1) is 15.6. The number of aromatic nitrogens is 3. The molecule has 1 N–H and O–H groups in total. The molecule has 0 atom stereocenters. The number of ether oxygens (including phenoxy) is 2. The number of aromatic amines is 1. The van der Waals surface area contributed by atoms with Gasteiger partial charge >= 0.3 is 0 Å². The number of pyridine rings is 1. The number of benzene rings is 1. The molecule has 0 bridgehead atoms. The van der Waals surface area contributed by atoms with Crippen LogP contribution in [0.3, 0.4) is 0 Å². The highest BCUT2D eigenvalue weighted by molar-refractivity contribution is 5.83. The van der Waals surface area contributed by atoms with E-state index < -0.39 is 0 Å². The van der Waals surface area contributed by atoms with Crippen molar-refractivity contribution in [3.63, 3.8) is 0 Å². The molecule has 0 radical (unpaired) electrons. The maximum Gasteiger partial charge on any atom is 0.225 e. The number of imidazole rings is 1. The summed E-state index contributed by atoms with van der Waals surface area (Å²) < 4.78 is 11.8. The van der Waals surface area contributed by atoms with Crippen LogP contribution in [0.1, 0.15) is 30.7 Å². The molecular weight excluding hydrogens is 326 g/mol. The summed E-state index contributed by atoms with van der Waals surface area (Å²) in [5, 5.41) is 0. The van der Waals surface area contributed by atoms with E-state index in [9.17, 15) is 0 Å². The highest BCUT2D eigenvalue weighted by Crippen LogP contribution is 2.39. The summed E-state index contributed by atoms with van der Waals surface area (Å²) in [5.41, 5.74) is 5.31.